The van der Waals surface area contributed by atoms with Gasteiger partial charge in [0.05, 0.1) is 6.07 Å². The second kappa shape index (κ2) is 5.15. The molecule has 1 N–H and O–H groups in total. The van der Waals surface area contributed by atoms with E-state index >= 15 is 0 Å². The van der Waals surface area contributed by atoms with Crippen LogP contribution in [-0.4, -0.2) is 19.1 Å². The van der Waals surface area contributed by atoms with Gasteiger partial charge in [0, 0.05) is 18.9 Å². The highest BCUT2D eigenvalue weighted by Gasteiger charge is 2.40. The third-order valence-electron chi connectivity index (χ3n) is 3.10. The highest BCUT2D eigenvalue weighted by Crippen LogP contribution is 2.31. The van der Waals surface area contributed by atoms with E-state index in [1.54, 1.807) is 0 Å². The molecule has 1 fully saturated rings. The number of carbonyl (C=O) groups excluding carboxylic acids is 1. The largest absolute Gasteiger partial charge is 0.381 e. The topological polar surface area (TPSA) is 62.1 Å². The van der Waals surface area contributed by atoms with Crippen LogP contribution in [0.4, 0.5) is 10.1 Å². The van der Waals surface area contributed by atoms with Gasteiger partial charge in [-0.25, -0.2) is 4.39 Å². The number of rotatable bonds is 2. The summed E-state index contributed by atoms with van der Waals surface area (Å²) in [7, 11) is 0. The van der Waals surface area contributed by atoms with Crippen LogP contribution < -0.4 is 5.32 Å². The lowest BCUT2D eigenvalue weighted by molar-refractivity contribution is -0.126. The van der Waals surface area contributed by atoms with Crippen LogP contribution in [0.25, 0.3) is 0 Å². The lowest BCUT2D eigenvalue weighted by atomic mass is 9.81. The summed E-state index contributed by atoms with van der Waals surface area (Å²) in [6.45, 7) is 0.814. The first-order valence-corrected chi connectivity index (χ1v) is 5.72. The molecule has 94 valence electrons. The molecule has 0 spiro atoms. The number of nitrogens with zero attached hydrogens (tertiary/aromatic N) is 1. The van der Waals surface area contributed by atoms with E-state index in [-0.39, 0.29) is 11.7 Å². The molecule has 0 bridgehead atoms. The third-order valence-corrected chi connectivity index (χ3v) is 3.10. The van der Waals surface area contributed by atoms with Crippen molar-refractivity contribution < 1.29 is 13.9 Å². The van der Waals surface area contributed by atoms with Gasteiger partial charge >= 0.3 is 0 Å². The molecule has 1 aliphatic heterocycles. The molecule has 1 aromatic carbocycles. The number of hydrogen-bond donors (Lipinski definition) is 1. The number of nitriles is 1. The van der Waals surface area contributed by atoms with E-state index in [0.29, 0.717) is 31.7 Å². The molecule has 18 heavy (non-hydrogen) atoms. The van der Waals surface area contributed by atoms with Crippen molar-refractivity contribution in [3.63, 3.8) is 0 Å². The monoisotopic (exact) mass is 248 g/mol. The molecule has 1 aliphatic rings. The zero-order chi connectivity index (χ0) is 13.0. The Kier molecular flexibility index (Phi) is 3.58. The number of anilines is 1. The van der Waals surface area contributed by atoms with Crippen molar-refractivity contribution in [1.82, 2.24) is 0 Å². The van der Waals surface area contributed by atoms with Gasteiger partial charge in [0.15, 0.2) is 0 Å². The fourth-order valence-electron chi connectivity index (χ4n) is 1.89. The van der Waals surface area contributed by atoms with E-state index in [1.807, 2.05) is 0 Å². The van der Waals surface area contributed by atoms with Gasteiger partial charge in [0.25, 0.3) is 0 Å². The minimum atomic E-state index is -1.04. The second-order valence-corrected chi connectivity index (χ2v) is 4.27. The predicted molar refractivity (Wildman–Crippen MR) is 63.1 cm³/mol. The van der Waals surface area contributed by atoms with Crippen molar-refractivity contribution in [1.29, 1.82) is 5.26 Å². The van der Waals surface area contributed by atoms with E-state index in [1.165, 1.54) is 24.3 Å². The van der Waals surface area contributed by atoms with Gasteiger partial charge in [-0.15, -0.1) is 0 Å². The molecular formula is C13H13FN2O2. The van der Waals surface area contributed by atoms with Crippen molar-refractivity contribution in [2.75, 3.05) is 18.5 Å². The van der Waals surface area contributed by atoms with Gasteiger partial charge < -0.3 is 10.1 Å². The standard InChI is InChI=1S/C13H13FN2O2/c14-10-1-3-11(4-2-10)16-12(17)13(9-15)5-7-18-8-6-13/h1-4H,5-8H2,(H,16,17). The second-order valence-electron chi connectivity index (χ2n) is 4.27. The molecule has 0 saturated carbocycles. The predicted octanol–water partition coefficient (Wildman–Crippen LogP) is 2.08. The van der Waals surface area contributed by atoms with Crippen molar-refractivity contribution in [3.8, 4) is 6.07 Å². The van der Waals surface area contributed by atoms with Crippen LogP contribution >= 0.6 is 0 Å². The lowest BCUT2D eigenvalue weighted by Gasteiger charge is -2.29. The number of nitrogens with one attached hydrogen (secondary N) is 1. The summed E-state index contributed by atoms with van der Waals surface area (Å²) in [5, 5.41) is 11.9. The molecule has 4 nitrogen and oxygen atoms in total. The molecule has 1 aromatic rings. The molecule has 0 aliphatic carbocycles. The molecule has 1 heterocycles. The summed E-state index contributed by atoms with van der Waals surface area (Å²) in [5.74, 6) is -0.714. The lowest BCUT2D eigenvalue weighted by Crippen LogP contribution is -2.39. The average Bonchev–Trinajstić information content (AvgIpc) is 2.42. The normalized spacial score (nSPS) is 17.8. The SMILES string of the molecule is N#CC1(C(=O)Nc2ccc(F)cc2)CCOCC1. The molecule has 1 amide bonds. The highest BCUT2D eigenvalue weighted by molar-refractivity contribution is 5.97. The molecule has 0 aromatic heterocycles. The zero-order valence-corrected chi connectivity index (χ0v) is 9.78. The van der Waals surface area contributed by atoms with Gasteiger partial charge in [-0.05, 0) is 37.1 Å². The number of ether oxygens (including phenoxy) is 1. The van der Waals surface area contributed by atoms with Crippen molar-refractivity contribution >= 4 is 11.6 Å². The quantitative estimate of drug-likeness (QED) is 0.871. The van der Waals surface area contributed by atoms with Crippen LogP contribution in [0.2, 0.25) is 0 Å². The molecule has 0 atom stereocenters. The molecule has 2 rings (SSSR count). The van der Waals surface area contributed by atoms with Crippen molar-refractivity contribution in [2.24, 2.45) is 5.41 Å². The van der Waals surface area contributed by atoms with Crippen molar-refractivity contribution in [3.05, 3.63) is 30.1 Å². The first kappa shape index (κ1) is 12.5. The average molecular weight is 248 g/mol. The van der Waals surface area contributed by atoms with Crippen LogP contribution in [-0.2, 0) is 9.53 Å². The van der Waals surface area contributed by atoms with Gasteiger partial charge in [-0.3, -0.25) is 4.79 Å². The Bertz CT molecular complexity index is 473. The number of hydrogen-bond acceptors (Lipinski definition) is 3. The highest BCUT2D eigenvalue weighted by atomic mass is 19.1. The van der Waals surface area contributed by atoms with Gasteiger partial charge in [-0.2, -0.15) is 5.26 Å². The maximum atomic E-state index is 12.7. The molecule has 0 unspecified atom stereocenters. The summed E-state index contributed by atoms with van der Waals surface area (Å²) in [5.41, 5.74) is -0.547. The van der Waals surface area contributed by atoms with E-state index < -0.39 is 5.41 Å². The Labute approximate surface area is 104 Å². The smallest absolute Gasteiger partial charge is 0.245 e. The summed E-state index contributed by atoms with van der Waals surface area (Å²) in [6.07, 6.45) is 0.771. The number of amides is 1. The Balaban J connectivity index is 2.11. The van der Waals surface area contributed by atoms with Crippen molar-refractivity contribution in [2.45, 2.75) is 12.8 Å². The van der Waals surface area contributed by atoms with Crippen LogP contribution in [0, 0.1) is 22.6 Å². The summed E-state index contributed by atoms with van der Waals surface area (Å²) in [4.78, 5) is 12.1. The van der Waals surface area contributed by atoms with Crippen LogP contribution in [0.15, 0.2) is 24.3 Å². The maximum absolute atomic E-state index is 12.7. The van der Waals surface area contributed by atoms with E-state index in [4.69, 9.17) is 4.74 Å². The van der Waals surface area contributed by atoms with Gasteiger partial charge in [-0.1, -0.05) is 0 Å². The Morgan fingerprint density at radius 3 is 2.50 bits per heavy atom. The Hall–Kier alpha value is -1.93. The fraction of sp³-hybridized carbons (Fsp3) is 0.385. The Morgan fingerprint density at radius 2 is 1.94 bits per heavy atom. The first-order valence-electron chi connectivity index (χ1n) is 5.72. The van der Waals surface area contributed by atoms with E-state index in [2.05, 4.69) is 11.4 Å². The maximum Gasteiger partial charge on any atom is 0.245 e. The van der Waals surface area contributed by atoms with Gasteiger partial charge in [0.1, 0.15) is 11.2 Å². The number of benzene rings is 1. The number of halogens is 1. The summed E-state index contributed by atoms with van der Waals surface area (Å²) in [6, 6.07) is 7.55. The fourth-order valence-corrected chi connectivity index (χ4v) is 1.89. The first-order chi connectivity index (χ1) is 8.66. The zero-order valence-electron chi connectivity index (χ0n) is 9.78. The third kappa shape index (κ3) is 2.49. The van der Waals surface area contributed by atoms with Crippen LogP contribution in [0.5, 0.6) is 0 Å². The summed E-state index contributed by atoms with van der Waals surface area (Å²) < 4.78 is 17.9. The number of carbonyl (C=O) groups is 1. The van der Waals surface area contributed by atoms with E-state index in [0.717, 1.165) is 0 Å². The van der Waals surface area contributed by atoms with Gasteiger partial charge in [0.2, 0.25) is 5.91 Å². The van der Waals surface area contributed by atoms with Crippen LogP contribution in [0.3, 0.4) is 0 Å². The molecular weight excluding hydrogens is 235 g/mol. The Morgan fingerprint density at radius 1 is 1.33 bits per heavy atom. The molecule has 1 saturated heterocycles. The minimum Gasteiger partial charge on any atom is -0.381 e. The molecule has 0 radical (unpaired) electrons. The summed E-state index contributed by atoms with van der Waals surface area (Å²) >= 11 is 0. The van der Waals surface area contributed by atoms with Crippen LogP contribution in [0.1, 0.15) is 12.8 Å². The minimum absolute atomic E-state index is 0.347. The molecule has 5 heteroatoms. The van der Waals surface area contributed by atoms with E-state index in [9.17, 15) is 14.4 Å².